The molecule has 0 spiro atoms. The molecule has 0 heterocycles. The van der Waals surface area contributed by atoms with Gasteiger partial charge in [-0.2, -0.15) is 0 Å². The SMILES string of the molecule is CCC(CO)(CCCOCCOC)c1ccccc1. The lowest BCUT2D eigenvalue weighted by molar-refractivity contribution is 0.0634. The summed E-state index contributed by atoms with van der Waals surface area (Å²) in [4.78, 5) is 0. The molecule has 1 aromatic rings. The van der Waals surface area contributed by atoms with E-state index in [0.29, 0.717) is 13.2 Å². The van der Waals surface area contributed by atoms with Gasteiger partial charge in [-0.25, -0.2) is 0 Å². The quantitative estimate of drug-likeness (QED) is 0.662. The molecule has 1 unspecified atom stereocenters. The average molecular weight is 266 g/mol. The summed E-state index contributed by atoms with van der Waals surface area (Å²) in [5.41, 5.74) is 1.09. The summed E-state index contributed by atoms with van der Waals surface area (Å²) in [7, 11) is 1.67. The van der Waals surface area contributed by atoms with Gasteiger partial charge in [0.25, 0.3) is 0 Å². The van der Waals surface area contributed by atoms with E-state index in [4.69, 9.17) is 9.47 Å². The van der Waals surface area contributed by atoms with E-state index in [1.807, 2.05) is 18.2 Å². The van der Waals surface area contributed by atoms with Gasteiger partial charge in [-0.05, 0) is 24.8 Å². The van der Waals surface area contributed by atoms with Gasteiger partial charge < -0.3 is 14.6 Å². The van der Waals surface area contributed by atoms with Crippen LogP contribution in [0.2, 0.25) is 0 Å². The standard InChI is InChI=1S/C16H26O3/c1-3-16(14-17,15-8-5-4-6-9-15)10-7-11-19-13-12-18-2/h4-6,8-9,17H,3,7,10-14H2,1-2H3. The molecule has 0 bridgehead atoms. The predicted octanol–water partition coefficient (Wildman–Crippen LogP) is 2.77. The molecule has 1 rings (SSSR count). The van der Waals surface area contributed by atoms with E-state index >= 15 is 0 Å². The van der Waals surface area contributed by atoms with Crippen molar-refractivity contribution < 1.29 is 14.6 Å². The molecule has 0 saturated carbocycles. The predicted molar refractivity (Wildman–Crippen MR) is 77.4 cm³/mol. The summed E-state index contributed by atoms with van der Waals surface area (Å²) < 4.78 is 10.4. The molecule has 0 fully saturated rings. The Morgan fingerprint density at radius 2 is 1.84 bits per heavy atom. The molecule has 0 aromatic heterocycles. The summed E-state index contributed by atoms with van der Waals surface area (Å²) in [6.45, 7) is 4.32. The maximum Gasteiger partial charge on any atom is 0.0700 e. The molecule has 0 aliphatic rings. The van der Waals surface area contributed by atoms with Crippen LogP contribution in [0.4, 0.5) is 0 Å². The Bertz CT molecular complexity index is 320. The smallest absolute Gasteiger partial charge is 0.0700 e. The van der Waals surface area contributed by atoms with Crippen LogP contribution in [0.15, 0.2) is 30.3 Å². The maximum absolute atomic E-state index is 9.81. The molecule has 1 aromatic carbocycles. The van der Waals surface area contributed by atoms with Crippen molar-refractivity contribution in [2.75, 3.05) is 33.5 Å². The molecule has 108 valence electrons. The van der Waals surface area contributed by atoms with E-state index in [0.717, 1.165) is 25.9 Å². The van der Waals surface area contributed by atoms with E-state index in [1.54, 1.807) is 7.11 Å². The Kier molecular flexibility index (Phi) is 7.72. The zero-order valence-corrected chi connectivity index (χ0v) is 12.1. The Morgan fingerprint density at radius 3 is 2.42 bits per heavy atom. The molecule has 0 aliphatic carbocycles. The minimum Gasteiger partial charge on any atom is -0.395 e. The number of aliphatic hydroxyl groups excluding tert-OH is 1. The van der Waals surface area contributed by atoms with Gasteiger partial charge in [0.15, 0.2) is 0 Å². The molecule has 1 N–H and O–H groups in total. The highest BCUT2D eigenvalue weighted by atomic mass is 16.5. The van der Waals surface area contributed by atoms with Crippen molar-refractivity contribution in [3.8, 4) is 0 Å². The van der Waals surface area contributed by atoms with Gasteiger partial charge >= 0.3 is 0 Å². The minimum atomic E-state index is -0.133. The summed E-state index contributed by atoms with van der Waals surface area (Å²) >= 11 is 0. The zero-order chi connectivity index (χ0) is 14.0. The number of hydrogen-bond acceptors (Lipinski definition) is 3. The number of aliphatic hydroxyl groups is 1. The van der Waals surface area contributed by atoms with Gasteiger partial charge in [0.2, 0.25) is 0 Å². The van der Waals surface area contributed by atoms with Crippen LogP contribution in [0.5, 0.6) is 0 Å². The van der Waals surface area contributed by atoms with E-state index in [9.17, 15) is 5.11 Å². The van der Waals surface area contributed by atoms with Crippen molar-refractivity contribution in [3.63, 3.8) is 0 Å². The summed E-state index contributed by atoms with van der Waals surface area (Å²) in [6, 6.07) is 10.3. The highest BCUT2D eigenvalue weighted by Gasteiger charge is 2.28. The molecular weight excluding hydrogens is 240 g/mol. The fraction of sp³-hybridized carbons (Fsp3) is 0.625. The Balaban J connectivity index is 2.48. The molecule has 3 heteroatoms. The molecule has 0 aliphatic heterocycles. The van der Waals surface area contributed by atoms with Crippen molar-refractivity contribution in [1.29, 1.82) is 0 Å². The van der Waals surface area contributed by atoms with Crippen molar-refractivity contribution in [2.24, 2.45) is 0 Å². The maximum atomic E-state index is 9.81. The first-order valence-corrected chi connectivity index (χ1v) is 7.02. The van der Waals surface area contributed by atoms with Crippen molar-refractivity contribution >= 4 is 0 Å². The summed E-state index contributed by atoms with van der Waals surface area (Å²) in [5, 5.41) is 9.81. The Labute approximate surface area is 116 Å². The van der Waals surface area contributed by atoms with Crippen LogP contribution in [-0.4, -0.2) is 38.6 Å². The molecular formula is C16H26O3. The number of ether oxygens (including phenoxy) is 2. The van der Waals surface area contributed by atoms with Crippen LogP contribution >= 0.6 is 0 Å². The highest BCUT2D eigenvalue weighted by Crippen LogP contribution is 2.32. The minimum absolute atomic E-state index is 0.133. The van der Waals surface area contributed by atoms with Gasteiger partial charge in [0, 0.05) is 19.1 Å². The zero-order valence-electron chi connectivity index (χ0n) is 12.1. The van der Waals surface area contributed by atoms with Crippen LogP contribution in [0.25, 0.3) is 0 Å². The Morgan fingerprint density at radius 1 is 1.11 bits per heavy atom. The molecule has 0 saturated heterocycles. The largest absolute Gasteiger partial charge is 0.395 e. The van der Waals surface area contributed by atoms with Gasteiger partial charge in [-0.1, -0.05) is 37.3 Å². The van der Waals surface area contributed by atoms with Crippen LogP contribution in [0.3, 0.4) is 0 Å². The second-order valence-corrected chi connectivity index (χ2v) is 4.87. The first kappa shape index (κ1) is 16.2. The fourth-order valence-electron chi connectivity index (χ4n) is 2.36. The lowest BCUT2D eigenvalue weighted by Crippen LogP contribution is -2.30. The fourth-order valence-corrected chi connectivity index (χ4v) is 2.36. The number of hydrogen-bond donors (Lipinski definition) is 1. The lowest BCUT2D eigenvalue weighted by atomic mass is 9.75. The third kappa shape index (κ3) is 4.94. The van der Waals surface area contributed by atoms with Gasteiger partial charge in [-0.3, -0.25) is 0 Å². The first-order valence-electron chi connectivity index (χ1n) is 7.02. The van der Waals surface area contributed by atoms with Gasteiger partial charge in [-0.15, -0.1) is 0 Å². The van der Waals surface area contributed by atoms with Crippen LogP contribution < -0.4 is 0 Å². The normalized spacial score (nSPS) is 14.3. The lowest BCUT2D eigenvalue weighted by Gasteiger charge is -2.31. The monoisotopic (exact) mass is 266 g/mol. The van der Waals surface area contributed by atoms with Crippen LogP contribution in [0.1, 0.15) is 31.7 Å². The average Bonchev–Trinajstić information content (AvgIpc) is 2.48. The third-order valence-electron chi connectivity index (χ3n) is 3.74. The number of methoxy groups -OCH3 is 1. The Hall–Kier alpha value is -0.900. The number of benzene rings is 1. The molecule has 0 radical (unpaired) electrons. The van der Waals surface area contributed by atoms with Crippen molar-refractivity contribution in [3.05, 3.63) is 35.9 Å². The van der Waals surface area contributed by atoms with Gasteiger partial charge in [0.05, 0.1) is 19.8 Å². The van der Waals surface area contributed by atoms with E-state index in [1.165, 1.54) is 5.56 Å². The van der Waals surface area contributed by atoms with Crippen molar-refractivity contribution in [1.82, 2.24) is 0 Å². The van der Waals surface area contributed by atoms with Gasteiger partial charge in [0.1, 0.15) is 0 Å². The topological polar surface area (TPSA) is 38.7 Å². The highest BCUT2D eigenvalue weighted by molar-refractivity contribution is 5.25. The first-order chi connectivity index (χ1) is 9.29. The number of rotatable bonds is 10. The van der Waals surface area contributed by atoms with Crippen LogP contribution in [0, 0.1) is 0 Å². The second-order valence-electron chi connectivity index (χ2n) is 4.87. The summed E-state index contributed by atoms with van der Waals surface area (Å²) in [6.07, 6.45) is 2.83. The summed E-state index contributed by atoms with van der Waals surface area (Å²) in [5.74, 6) is 0. The van der Waals surface area contributed by atoms with E-state index in [2.05, 4.69) is 19.1 Å². The van der Waals surface area contributed by atoms with E-state index < -0.39 is 0 Å². The molecule has 1 atom stereocenters. The van der Waals surface area contributed by atoms with Crippen LogP contribution in [-0.2, 0) is 14.9 Å². The molecule has 19 heavy (non-hydrogen) atoms. The molecule has 0 amide bonds. The van der Waals surface area contributed by atoms with Crippen molar-refractivity contribution in [2.45, 2.75) is 31.6 Å². The molecule has 3 nitrogen and oxygen atoms in total. The second kappa shape index (κ2) is 9.08. The van der Waals surface area contributed by atoms with E-state index in [-0.39, 0.29) is 12.0 Å². The third-order valence-corrected chi connectivity index (χ3v) is 3.74.